The molecule has 1 heterocycles. The molecule has 1 aromatic rings. The van der Waals surface area contributed by atoms with Crippen LogP contribution in [0.2, 0.25) is 5.02 Å². The maximum atomic E-state index is 10.2. The van der Waals surface area contributed by atoms with Gasteiger partial charge in [-0.15, -0.1) is 0 Å². The van der Waals surface area contributed by atoms with Crippen molar-refractivity contribution in [1.82, 2.24) is 4.90 Å². The van der Waals surface area contributed by atoms with Crippen LogP contribution in [0.15, 0.2) is 24.3 Å². The summed E-state index contributed by atoms with van der Waals surface area (Å²) in [6.45, 7) is 4.33. The van der Waals surface area contributed by atoms with E-state index in [-0.39, 0.29) is 18.8 Å². The molecular formula is C15H22ClNO3. The molecule has 3 atom stereocenters. The van der Waals surface area contributed by atoms with Crippen LogP contribution < -0.4 is 0 Å². The summed E-state index contributed by atoms with van der Waals surface area (Å²) < 4.78 is 5.60. The number of hydrogen-bond acceptors (Lipinski definition) is 4. The Kier molecular flexibility index (Phi) is 5.81. The second-order valence-electron chi connectivity index (χ2n) is 5.34. The van der Waals surface area contributed by atoms with Crippen molar-refractivity contribution < 1.29 is 14.9 Å². The smallest absolute Gasteiger partial charge is 0.0936 e. The Balaban J connectivity index is 1.87. The Hall–Kier alpha value is -0.650. The van der Waals surface area contributed by atoms with Gasteiger partial charge in [-0.1, -0.05) is 29.8 Å². The van der Waals surface area contributed by atoms with Crippen molar-refractivity contribution in [3.05, 3.63) is 34.9 Å². The van der Waals surface area contributed by atoms with Gasteiger partial charge < -0.3 is 14.9 Å². The Morgan fingerprint density at radius 2 is 2.15 bits per heavy atom. The Morgan fingerprint density at radius 3 is 2.85 bits per heavy atom. The quantitative estimate of drug-likeness (QED) is 0.871. The first-order chi connectivity index (χ1) is 9.60. The first-order valence-corrected chi connectivity index (χ1v) is 7.39. The molecule has 0 aromatic heterocycles. The highest BCUT2D eigenvalue weighted by Gasteiger charge is 2.25. The summed E-state index contributed by atoms with van der Waals surface area (Å²) in [5.74, 6) is 0. The van der Waals surface area contributed by atoms with Gasteiger partial charge in [-0.05, 0) is 25.0 Å². The van der Waals surface area contributed by atoms with Gasteiger partial charge in [-0.25, -0.2) is 0 Å². The van der Waals surface area contributed by atoms with Crippen LogP contribution in [-0.2, 0) is 4.74 Å². The first-order valence-electron chi connectivity index (χ1n) is 7.01. The molecule has 20 heavy (non-hydrogen) atoms. The van der Waals surface area contributed by atoms with Gasteiger partial charge in [0, 0.05) is 24.7 Å². The fourth-order valence-electron chi connectivity index (χ4n) is 2.63. The second-order valence-corrected chi connectivity index (χ2v) is 5.74. The van der Waals surface area contributed by atoms with E-state index < -0.39 is 6.10 Å². The van der Waals surface area contributed by atoms with E-state index in [2.05, 4.69) is 4.90 Å². The zero-order chi connectivity index (χ0) is 14.5. The van der Waals surface area contributed by atoms with Crippen LogP contribution in [0, 0.1) is 0 Å². The molecular weight excluding hydrogens is 278 g/mol. The minimum absolute atomic E-state index is 0.0356. The van der Waals surface area contributed by atoms with Gasteiger partial charge in [-0.2, -0.15) is 0 Å². The molecule has 1 saturated heterocycles. The molecule has 4 nitrogen and oxygen atoms in total. The average Bonchev–Trinajstić information content (AvgIpc) is 2.44. The van der Waals surface area contributed by atoms with Gasteiger partial charge in [0.05, 0.1) is 24.9 Å². The van der Waals surface area contributed by atoms with Crippen molar-refractivity contribution in [2.75, 3.05) is 26.2 Å². The third-order valence-electron chi connectivity index (χ3n) is 3.59. The summed E-state index contributed by atoms with van der Waals surface area (Å²) in [7, 11) is 0. The molecule has 0 amide bonds. The molecule has 0 spiro atoms. The molecule has 1 aliphatic heterocycles. The third-order valence-corrected chi connectivity index (χ3v) is 3.93. The summed E-state index contributed by atoms with van der Waals surface area (Å²) in [6, 6.07) is 7.38. The molecule has 0 aliphatic carbocycles. The van der Waals surface area contributed by atoms with E-state index in [9.17, 15) is 10.2 Å². The lowest BCUT2D eigenvalue weighted by Gasteiger charge is -2.36. The van der Waals surface area contributed by atoms with Crippen molar-refractivity contribution in [3.63, 3.8) is 0 Å². The highest BCUT2D eigenvalue weighted by molar-refractivity contribution is 6.31. The average molecular weight is 300 g/mol. The van der Waals surface area contributed by atoms with Crippen molar-refractivity contribution in [2.45, 2.75) is 31.7 Å². The lowest BCUT2D eigenvalue weighted by atomic mass is 10.1. The fraction of sp³-hybridized carbons (Fsp3) is 0.600. The predicted octanol–water partition coefficient (Wildman–Crippen LogP) is 1.85. The summed E-state index contributed by atoms with van der Waals surface area (Å²) >= 11 is 6.08. The van der Waals surface area contributed by atoms with E-state index in [1.165, 1.54) is 0 Å². The molecule has 3 unspecified atom stereocenters. The number of morpholine rings is 1. The van der Waals surface area contributed by atoms with Crippen molar-refractivity contribution in [3.8, 4) is 0 Å². The van der Waals surface area contributed by atoms with E-state index in [4.69, 9.17) is 16.3 Å². The third kappa shape index (κ3) is 4.17. The lowest BCUT2D eigenvalue weighted by molar-refractivity contribution is -0.0967. The van der Waals surface area contributed by atoms with Gasteiger partial charge in [-0.3, -0.25) is 4.90 Å². The number of aliphatic hydroxyl groups excluding tert-OH is 2. The maximum Gasteiger partial charge on any atom is 0.0936 e. The van der Waals surface area contributed by atoms with Crippen LogP contribution in [0.25, 0.3) is 0 Å². The maximum absolute atomic E-state index is 10.2. The van der Waals surface area contributed by atoms with Crippen LogP contribution >= 0.6 is 11.6 Å². The van der Waals surface area contributed by atoms with E-state index in [0.29, 0.717) is 18.0 Å². The molecule has 2 N–H and O–H groups in total. The monoisotopic (exact) mass is 299 g/mol. The normalized spacial score (nSPS) is 25.6. The van der Waals surface area contributed by atoms with Crippen LogP contribution in [0.3, 0.4) is 0 Å². The van der Waals surface area contributed by atoms with Crippen molar-refractivity contribution in [2.24, 2.45) is 0 Å². The standard InChI is InChI=1S/C15H22ClNO3/c1-11-8-17(9-12(10-18)20-11)7-6-15(19)13-4-2-3-5-14(13)16/h2-5,11-12,15,18-19H,6-10H2,1H3. The summed E-state index contributed by atoms with van der Waals surface area (Å²) in [6.07, 6.45) is 0.0400. The number of ether oxygens (including phenoxy) is 1. The van der Waals surface area contributed by atoms with Gasteiger partial charge in [0.1, 0.15) is 0 Å². The minimum Gasteiger partial charge on any atom is -0.394 e. The molecule has 112 valence electrons. The number of halogens is 1. The number of benzene rings is 1. The van der Waals surface area contributed by atoms with Crippen LogP contribution in [-0.4, -0.2) is 53.6 Å². The molecule has 1 fully saturated rings. The summed E-state index contributed by atoms with van der Waals surface area (Å²) in [5, 5.41) is 20.0. The number of aliphatic hydroxyl groups is 2. The SMILES string of the molecule is CC1CN(CCC(O)c2ccccc2Cl)CC(CO)O1. The highest BCUT2D eigenvalue weighted by Crippen LogP contribution is 2.25. The Labute approximate surface area is 124 Å². The highest BCUT2D eigenvalue weighted by atomic mass is 35.5. The van der Waals surface area contributed by atoms with Crippen molar-refractivity contribution >= 4 is 11.6 Å². The van der Waals surface area contributed by atoms with Gasteiger partial charge in [0.25, 0.3) is 0 Å². The Morgan fingerprint density at radius 1 is 1.40 bits per heavy atom. The minimum atomic E-state index is -0.561. The zero-order valence-electron chi connectivity index (χ0n) is 11.7. The van der Waals surface area contributed by atoms with Crippen LogP contribution in [0.1, 0.15) is 25.0 Å². The lowest BCUT2D eigenvalue weighted by Crippen LogP contribution is -2.48. The fourth-order valence-corrected chi connectivity index (χ4v) is 2.89. The molecule has 1 aromatic carbocycles. The Bertz CT molecular complexity index is 429. The summed E-state index contributed by atoms with van der Waals surface area (Å²) in [4.78, 5) is 2.22. The van der Waals surface area contributed by atoms with Gasteiger partial charge in [0.15, 0.2) is 0 Å². The number of nitrogens with zero attached hydrogens (tertiary/aromatic N) is 1. The summed E-state index contributed by atoms with van der Waals surface area (Å²) in [5.41, 5.74) is 0.772. The number of rotatable bonds is 5. The largest absolute Gasteiger partial charge is 0.394 e. The first kappa shape index (κ1) is 15.7. The van der Waals surface area contributed by atoms with Gasteiger partial charge in [0.2, 0.25) is 0 Å². The van der Waals surface area contributed by atoms with E-state index >= 15 is 0 Å². The molecule has 1 aliphatic rings. The molecule has 0 radical (unpaired) electrons. The topological polar surface area (TPSA) is 52.9 Å². The molecule has 0 saturated carbocycles. The molecule has 2 rings (SSSR count). The van der Waals surface area contributed by atoms with Crippen LogP contribution in [0.4, 0.5) is 0 Å². The van der Waals surface area contributed by atoms with Gasteiger partial charge >= 0.3 is 0 Å². The zero-order valence-corrected chi connectivity index (χ0v) is 12.5. The van der Waals surface area contributed by atoms with E-state index in [0.717, 1.165) is 18.7 Å². The van der Waals surface area contributed by atoms with Crippen LogP contribution in [0.5, 0.6) is 0 Å². The van der Waals surface area contributed by atoms with E-state index in [1.54, 1.807) is 6.07 Å². The molecule has 5 heteroatoms. The second kappa shape index (κ2) is 7.38. The number of hydrogen-bond donors (Lipinski definition) is 2. The molecule has 0 bridgehead atoms. The predicted molar refractivity (Wildman–Crippen MR) is 78.9 cm³/mol. The van der Waals surface area contributed by atoms with Crippen molar-refractivity contribution in [1.29, 1.82) is 0 Å². The van der Waals surface area contributed by atoms with E-state index in [1.807, 2.05) is 25.1 Å².